The van der Waals surface area contributed by atoms with Crippen molar-refractivity contribution in [3.05, 3.63) is 47.3 Å². The van der Waals surface area contributed by atoms with Crippen LogP contribution in [0, 0.1) is 0 Å². The summed E-state index contributed by atoms with van der Waals surface area (Å²) < 4.78 is 0. The van der Waals surface area contributed by atoms with Crippen molar-refractivity contribution in [2.75, 3.05) is 5.32 Å². The molecule has 0 atom stereocenters. The molecular formula is C14H15N3O3. The Labute approximate surface area is 115 Å². The monoisotopic (exact) mass is 273 g/mol. The number of H-pyrrole nitrogens is 1. The minimum Gasteiger partial charge on any atom is -0.478 e. The van der Waals surface area contributed by atoms with Gasteiger partial charge in [-0.1, -0.05) is 25.5 Å². The van der Waals surface area contributed by atoms with E-state index in [0.717, 1.165) is 24.6 Å². The number of benzene rings is 1. The van der Waals surface area contributed by atoms with E-state index in [1.54, 1.807) is 6.07 Å². The second kappa shape index (κ2) is 6.01. The minimum absolute atomic E-state index is 0.0570. The first kappa shape index (κ1) is 13.8. The van der Waals surface area contributed by atoms with E-state index in [4.69, 9.17) is 5.11 Å². The number of hydrogen-bond acceptors (Lipinski definition) is 3. The maximum atomic E-state index is 12.0. The zero-order valence-corrected chi connectivity index (χ0v) is 11.0. The maximum absolute atomic E-state index is 12.0. The maximum Gasteiger partial charge on any atom is 0.339 e. The van der Waals surface area contributed by atoms with Gasteiger partial charge in [0.2, 0.25) is 0 Å². The lowest BCUT2D eigenvalue weighted by Crippen LogP contribution is -2.16. The molecule has 1 aromatic heterocycles. The summed E-state index contributed by atoms with van der Waals surface area (Å²) in [6.45, 7) is 2.08. The first-order chi connectivity index (χ1) is 9.61. The highest BCUT2D eigenvalue weighted by Crippen LogP contribution is 2.14. The van der Waals surface area contributed by atoms with Gasteiger partial charge < -0.3 is 10.4 Å². The molecule has 1 aromatic carbocycles. The lowest BCUT2D eigenvalue weighted by Gasteiger charge is -2.06. The van der Waals surface area contributed by atoms with Gasteiger partial charge in [0.25, 0.3) is 5.91 Å². The highest BCUT2D eigenvalue weighted by molar-refractivity contribution is 6.09. The Hall–Kier alpha value is -2.63. The summed E-state index contributed by atoms with van der Waals surface area (Å²) in [4.78, 5) is 23.0. The molecule has 2 aromatic rings. The SMILES string of the molecule is CCCc1cccc(NC(=O)c2[nH]ncc2C(=O)O)c1. The molecule has 2 rings (SSSR count). The van der Waals surface area contributed by atoms with Gasteiger partial charge in [-0.3, -0.25) is 9.89 Å². The standard InChI is InChI=1S/C14H15N3O3/c1-2-4-9-5-3-6-10(7-9)16-13(18)12-11(14(19)20)8-15-17-12/h3,5-8H,2,4H2,1H3,(H,15,17)(H,16,18)(H,19,20). The molecule has 0 aliphatic rings. The molecule has 0 saturated carbocycles. The number of aromatic carboxylic acids is 1. The highest BCUT2D eigenvalue weighted by Gasteiger charge is 2.18. The van der Waals surface area contributed by atoms with Crippen molar-refractivity contribution in [2.24, 2.45) is 0 Å². The van der Waals surface area contributed by atoms with Gasteiger partial charge in [0, 0.05) is 5.69 Å². The number of amides is 1. The number of aromatic amines is 1. The van der Waals surface area contributed by atoms with Crippen molar-refractivity contribution in [3.8, 4) is 0 Å². The Balaban J connectivity index is 2.17. The van der Waals surface area contributed by atoms with Gasteiger partial charge >= 0.3 is 5.97 Å². The third-order valence-electron chi connectivity index (χ3n) is 2.82. The van der Waals surface area contributed by atoms with Crippen LogP contribution >= 0.6 is 0 Å². The van der Waals surface area contributed by atoms with Gasteiger partial charge in [-0.25, -0.2) is 4.79 Å². The number of aryl methyl sites for hydroxylation is 1. The van der Waals surface area contributed by atoms with Crippen LogP contribution in [0.1, 0.15) is 39.8 Å². The van der Waals surface area contributed by atoms with Crippen LogP contribution in [0.2, 0.25) is 0 Å². The fourth-order valence-electron chi connectivity index (χ4n) is 1.91. The van der Waals surface area contributed by atoms with Crippen LogP contribution in [-0.2, 0) is 6.42 Å². The number of nitrogens with zero attached hydrogens (tertiary/aromatic N) is 1. The minimum atomic E-state index is -1.19. The van der Waals surface area contributed by atoms with Crippen LogP contribution in [0.4, 0.5) is 5.69 Å². The number of nitrogens with one attached hydrogen (secondary N) is 2. The molecule has 20 heavy (non-hydrogen) atoms. The molecule has 3 N–H and O–H groups in total. The van der Waals surface area contributed by atoms with E-state index < -0.39 is 11.9 Å². The van der Waals surface area contributed by atoms with E-state index in [0.29, 0.717) is 5.69 Å². The first-order valence-electron chi connectivity index (χ1n) is 6.28. The van der Waals surface area contributed by atoms with Crippen molar-refractivity contribution in [1.29, 1.82) is 0 Å². The number of carboxylic acids is 1. The average Bonchev–Trinajstić information content (AvgIpc) is 2.89. The van der Waals surface area contributed by atoms with E-state index in [1.807, 2.05) is 18.2 Å². The number of carbonyl (C=O) groups excluding carboxylic acids is 1. The lowest BCUT2D eigenvalue weighted by molar-refractivity contribution is 0.0692. The third kappa shape index (κ3) is 3.03. The number of aromatic nitrogens is 2. The molecule has 1 heterocycles. The quantitative estimate of drug-likeness (QED) is 0.779. The van der Waals surface area contributed by atoms with Crippen molar-refractivity contribution < 1.29 is 14.7 Å². The molecule has 6 nitrogen and oxygen atoms in total. The zero-order valence-electron chi connectivity index (χ0n) is 11.0. The van der Waals surface area contributed by atoms with E-state index >= 15 is 0 Å². The van der Waals surface area contributed by atoms with Crippen LogP contribution in [0.25, 0.3) is 0 Å². The molecule has 0 aliphatic carbocycles. The normalized spacial score (nSPS) is 10.2. The number of anilines is 1. The van der Waals surface area contributed by atoms with E-state index in [1.165, 1.54) is 0 Å². The largest absolute Gasteiger partial charge is 0.478 e. The van der Waals surface area contributed by atoms with E-state index in [2.05, 4.69) is 22.4 Å². The zero-order chi connectivity index (χ0) is 14.5. The van der Waals surface area contributed by atoms with E-state index in [-0.39, 0.29) is 11.3 Å². The molecular weight excluding hydrogens is 258 g/mol. The number of hydrogen-bond donors (Lipinski definition) is 3. The Morgan fingerprint density at radius 1 is 1.40 bits per heavy atom. The smallest absolute Gasteiger partial charge is 0.339 e. The van der Waals surface area contributed by atoms with Gasteiger partial charge in [-0.05, 0) is 24.1 Å². The fourth-order valence-corrected chi connectivity index (χ4v) is 1.91. The molecule has 0 radical (unpaired) electrons. The van der Waals surface area contributed by atoms with Gasteiger partial charge in [-0.2, -0.15) is 5.10 Å². The predicted octanol–water partition coefficient (Wildman–Crippen LogP) is 2.31. The predicted molar refractivity (Wildman–Crippen MR) is 73.9 cm³/mol. The molecule has 0 spiro atoms. The molecule has 1 amide bonds. The van der Waals surface area contributed by atoms with Crippen LogP contribution in [0.3, 0.4) is 0 Å². The van der Waals surface area contributed by atoms with Crippen LogP contribution in [-0.4, -0.2) is 27.2 Å². The molecule has 6 heteroatoms. The second-order valence-electron chi connectivity index (χ2n) is 4.37. The molecule has 0 bridgehead atoms. The number of rotatable bonds is 5. The Kier molecular flexibility index (Phi) is 4.14. The van der Waals surface area contributed by atoms with E-state index in [9.17, 15) is 9.59 Å². The topological polar surface area (TPSA) is 95.1 Å². The molecule has 0 saturated heterocycles. The summed E-state index contributed by atoms with van der Waals surface area (Å²) in [6.07, 6.45) is 3.06. The highest BCUT2D eigenvalue weighted by atomic mass is 16.4. The first-order valence-corrected chi connectivity index (χ1v) is 6.28. The van der Waals surface area contributed by atoms with Gasteiger partial charge in [0.1, 0.15) is 11.3 Å². The Bertz CT molecular complexity index is 634. The Morgan fingerprint density at radius 2 is 2.20 bits per heavy atom. The summed E-state index contributed by atoms with van der Waals surface area (Å²) in [6, 6.07) is 7.47. The molecule has 0 fully saturated rings. The second-order valence-corrected chi connectivity index (χ2v) is 4.37. The van der Waals surface area contributed by atoms with Crippen LogP contribution in [0.15, 0.2) is 30.5 Å². The fraction of sp³-hybridized carbons (Fsp3) is 0.214. The molecule has 0 unspecified atom stereocenters. The Morgan fingerprint density at radius 3 is 2.90 bits per heavy atom. The van der Waals surface area contributed by atoms with Gasteiger partial charge in [-0.15, -0.1) is 0 Å². The average molecular weight is 273 g/mol. The molecule has 104 valence electrons. The van der Waals surface area contributed by atoms with Gasteiger partial charge in [0.05, 0.1) is 6.20 Å². The van der Waals surface area contributed by atoms with Crippen molar-refractivity contribution in [3.63, 3.8) is 0 Å². The summed E-state index contributed by atoms with van der Waals surface area (Å²) in [7, 11) is 0. The molecule has 0 aliphatic heterocycles. The third-order valence-corrected chi connectivity index (χ3v) is 2.82. The number of carbonyl (C=O) groups is 2. The summed E-state index contributed by atoms with van der Waals surface area (Å²) in [5, 5.41) is 17.6. The van der Waals surface area contributed by atoms with Crippen molar-refractivity contribution >= 4 is 17.6 Å². The summed E-state index contributed by atoms with van der Waals surface area (Å²) in [5.74, 6) is -1.71. The summed E-state index contributed by atoms with van der Waals surface area (Å²) >= 11 is 0. The number of carboxylic acid groups (broad SMARTS) is 1. The van der Waals surface area contributed by atoms with Crippen molar-refractivity contribution in [2.45, 2.75) is 19.8 Å². The van der Waals surface area contributed by atoms with Crippen LogP contribution in [0.5, 0.6) is 0 Å². The lowest BCUT2D eigenvalue weighted by atomic mass is 10.1. The van der Waals surface area contributed by atoms with Crippen LogP contribution < -0.4 is 5.32 Å². The summed E-state index contributed by atoms with van der Waals surface area (Å²) in [5.41, 5.74) is 1.55. The van der Waals surface area contributed by atoms with Gasteiger partial charge in [0.15, 0.2) is 0 Å². The van der Waals surface area contributed by atoms with Crippen molar-refractivity contribution in [1.82, 2.24) is 10.2 Å².